The Kier molecular flexibility index (Phi) is 3.89. The van der Waals surface area contributed by atoms with Gasteiger partial charge in [0.05, 0.1) is 18.0 Å². The molecule has 1 amide bonds. The van der Waals surface area contributed by atoms with Crippen molar-refractivity contribution in [1.82, 2.24) is 9.78 Å². The highest BCUT2D eigenvalue weighted by Gasteiger charge is 2.31. The molecule has 0 saturated carbocycles. The monoisotopic (exact) mass is 234 g/mol. The summed E-state index contributed by atoms with van der Waals surface area (Å²) in [6.45, 7) is 7.46. The highest BCUT2D eigenvalue weighted by atomic mass is 16.2. The van der Waals surface area contributed by atoms with Gasteiger partial charge in [0.1, 0.15) is 5.41 Å². The Balaban J connectivity index is 2.78. The second-order valence-electron chi connectivity index (χ2n) is 4.55. The fourth-order valence-corrected chi connectivity index (χ4v) is 1.24. The molecule has 0 spiro atoms. The van der Waals surface area contributed by atoms with Gasteiger partial charge in [-0.15, -0.1) is 0 Å². The van der Waals surface area contributed by atoms with Gasteiger partial charge in [-0.1, -0.05) is 6.92 Å². The summed E-state index contributed by atoms with van der Waals surface area (Å²) < 4.78 is 1.76. The molecule has 1 heterocycles. The second kappa shape index (κ2) is 5.00. The van der Waals surface area contributed by atoms with E-state index in [0.717, 1.165) is 0 Å². The van der Waals surface area contributed by atoms with Crippen molar-refractivity contribution in [2.24, 2.45) is 5.41 Å². The van der Waals surface area contributed by atoms with Gasteiger partial charge in [0.15, 0.2) is 0 Å². The lowest BCUT2D eigenvalue weighted by Crippen LogP contribution is -2.31. The van der Waals surface area contributed by atoms with Crippen LogP contribution in [-0.2, 0) is 4.79 Å². The minimum absolute atomic E-state index is 0.245. The first kappa shape index (κ1) is 13.2. The predicted molar refractivity (Wildman–Crippen MR) is 65.3 cm³/mol. The van der Waals surface area contributed by atoms with Gasteiger partial charge < -0.3 is 5.32 Å². The van der Waals surface area contributed by atoms with E-state index >= 15 is 0 Å². The molecule has 5 heteroatoms. The van der Waals surface area contributed by atoms with Crippen molar-refractivity contribution in [2.45, 2.75) is 40.2 Å². The molecule has 0 aliphatic heterocycles. The van der Waals surface area contributed by atoms with Gasteiger partial charge in [0.25, 0.3) is 0 Å². The molecule has 0 aliphatic rings. The van der Waals surface area contributed by atoms with Gasteiger partial charge in [0, 0.05) is 12.2 Å². The second-order valence-corrected chi connectivity index (χ2v) is 4.55. The molecule has 0 aromatic carbocycles. The third-order valence-corrected chi connectivity index (χ3v) is 2.84. The highest BCUT2D eigenvalue weighted by molar-refractivity contribution is 5.96. The number of hydrogen-bond acceptors (Lipinski definition) is 3. The molecule has 0 fully saturated rings. The van der Waals surface area contributed by atoms with Crippen LogP contribution in [0.15, 0.2) is 12.4 Å². The molecule has 1 N–H and O–H groups in total. The van der Waals surface area contributed by atoms with Crippen molar-refractivity contribution < 1.29 is 4.79 Å². The lowest BCUT2D eigenvalue weighted by molar-refractivity contribution is -0.122. The zero-order chi connectivity index (χ0) is 13.1. The van der Waals surface area contributed by atoms with Gasteiger partial charge in [0.2, 0.25) is 5.91 Å². The molecule has 17 heavy (non-hydrogen) atoms. The first-order chi connectivity index (χ1) is 7.92. The standard InChI is InChI=1S/C12H18N4O/c1-5-12(4,8-13)11(17)15-10-6-14-16(7-10)9(2)3/h6-7,9H,5H2,1-4H3,(H,15,17). The number of rotatable bonds is 4. The molecular formula is C12H18N4O. The smallest absolute Gasteiger partial charge is 0.244 e. The largest absolute Gasteiger partial charge is 0.322 e. The van der Waals surface area contributed by atoms with Crippen molar-refractivity contribution in [3.05, 3.63) is 12.4 Å². The summed E-state index contributed by atoms with van der Waals surface area (Å²) >= 11 is 0. The van der Waals surface area contributed by atoms with Crippen molar-refractivity contribution >= 4 is 11.6 Å². The maximum Gasteiger partial charge on any atom is 0.244 e. The summed E-state index contributed by atoms with van der Waals surface area (Å²) in [5.41, 5.74) is -0.362. The summed E-state index contributed by atoms with van der Waals surface area (Å²) in [5.74, 6) is -0.286. The molecule has 1 aromatic heterocycles. The molecule has 92 valence electrons. The highest BCUT2D eigenvalue weighted by Crippen LogP contribution is 2.22. The Morgan fingerprint density at radius 1 is 1.71 bits per heavy atom. The Bertz CT molecular complexity index is 444. The van der Waals surface area contributed by atoms with Crippen LogP contribution in [0.5, 0.6) is 0 Å². The van der Waals surface area contributed by atoms with E-state index < -0.39 is 5.41 Å². The summed E-state index contributed by atoms with van der Waals surface area (Å²) in [7, 11) is 0. The third-order valence-electron chi connectivity index (χ3n) is 2.84. The minimum atomic E-state index is -0.986. The van der Waals surface area contributed by atoms with Crippen LogP contribution in [0.1, 0.15) is 40.2 Å². The van der Waals surface area contributed by atoms with Crippen LogP contribution < -0.4 is 5.32 Å². The molecule has 0 saturated heterocycles. The van der Waals surface area contributed by atoms with Crippen molar-refractivity contribution in [1.29, 1.82) is 5.26 Å². The van der Waals surface area contributed by atoms with Crippen molar-refractivity contribution in [2.75, 3.05) is 5.32 Å². The number of anilines is 1. The average molecular weight is 234 g/mol. The molecule has 1 atom stereocenters. The zero-order valence-electron chi connectivity index (χ0n) is 10.7. The molecule has 1 rings (SSSR count). The average Bonchev–Trinajstić information content (AvgIpc) is 2.76. The Morgan fingerprint density at radius 3 is 2.76 bits per heavy atom. The maximum atomic E-state index is 11.9. The van der Waals surface area contributed by atoms with Crippen LogP contribution in [0.3, 0.4) is 0 Å². The van der Waals surface area contributed by atoms with Crippen molar-refractivity contribution in [3.63, 3.8) is 0 Å². The fourth-order valence-electron chi connectivity index (χ4n) is 1.24. The topological polar surface area (TPSA) is 70.7 Å². The number of nitrogens with one attached hydrogen (secondary N) is 1. The number of amides is 1. The number of aromatic nitrogens is 2. The first-order valence-corrected chi connectivity index (χ1v) is 5.70. The van der Waals surface area contributed by atoms with E-state index in [4.69, 9.17) is 5.26 Å². The number of hydrogen-bond donors (Lipinski definition) is 1. The Hall–Kier alpha value is -1.83. The number of carbonyl (C=O) groups excluding carboxylic acids is 1. The number of nitriles is 1. The normalized spacial score (nSPS) is 14.1. The molecule has 1 aromatic rings. The van der Waals surface area contributed by atoms with E-state index in [1.54, 1.807) is 24.0 Å². The Labute approximate surface area is 101 Å². The predicted octanol–water partition coefficient (Wildman–Crippen LogP) is 2.34. The molecule has 0 aliphatic carbocycles. The quantitative estimate of drug-likeness (QED) is 0.869. The first-order valence-electron chi connectivity index (χ1n) is 5.70. The molecular weight excluding hydrogens is 216 g/mol. The van der Waals surface area contributed by atoms with Crippen LogP contribution in [0.2, 0.25) is 0 Å². The lowest BCUT2D eigenvalue weighted by Gasteiger charge is -2.17. The third kappa shape index (κ3) is 2.84. The van der Waals surface area contributed by atoms with Crippen molar-refractivity contribution in [3.8, 4) is 6.07 Å². The van der Waals surface area contributed by atoms with Gasteiger partial charge in [-0.3, -0.25) is 9.48 Å². The van der Waals surface area contributed by atoms with E-state index in [2.05, 4.69) is 10.4 Å². The van der Waals surface area contributed by atoms with E-state index in [-0.39, 0.29) is 11.9 Å². The van der Waals surface area contributed by atoms with Gasteiger partial charge in [-0.25, -0.2) is 0 Å². The SMILES string of the molecule is CCC(C)(C#N)C(=O)Nc1cnn(C(C)C)c1. The van der Waals surface area contributed by atoms with Crippen LogP contribution in [-0.4, -0.2) is 15.7 Å². The molecule has 5 nitrogen and oxygen atoms in total. The number of nitrogens with zero attached hydrogens (tertiary/aromatic N) is 3. The van der Waals surface area contributed by atoms with Gasteiger partial charge in [-0.2, -0.15) is 10.4 Å². The maximum absolute atomic E-state index is 11.9. The van der Waals surface area contributed by atoms with Gasteiger partial charge >= 0.3 is 0 Å². The fraction of sp³-hybridized carbons (Fsp3) is 0.583. The number of carbonyl (C=O) groups is 1. The van der Waals surface area contributed by atoms with Crippen LogP contribution in [0.4, 0.5) is 5.69 Å². The summed E-state index contributed by atoms with van der Waals surface area (Å²) in [6, 6.07) is 2.28. The van der Waals surface area contributed by atoms with E-state index in [1.165, 1.54) is 0 Å². The molecule has 0 bridgehead atoms. The minimum Gasteiger partial charge on any atom is -0.322 e. The zero-order valence-corrected chi connectivity index (χ0v) is 10.7. The van der Waals surface area contributed by atoms with E-state index in [0.29, 0.717) is 12.1 Å². The summed E-state index contributed by atoms with van der Waals surface area (Å²) in [5, 5.41) is 15.8. The summed E-state index contributed by atoms with van der Waals surface area (Å²) in [4.78, 5) is 11.9. The van der Waals surface area contributed by atoms with E-state index in [9.17, 15) is 4.79 Å². The van der Waals surface area contributed by atoms with Crippen LogP contribution in [0, 0.1) is 16.7 Å². The Morgan fingerprint density at radius 2 is 2.35 bits per heavy atom. The van der Waals surface area contributed by atoms with Crippen LogP contribution >= 0.6 is 0 Å². The van der Waals surface area contributed by atoms with Crippen LogP contribution in [0.25, 0.3) is 0 Å². The summed E-state index contributed by atoms with van der Waals surface area (Å²) in [6.07, 6.45) is 3.83. The van der Waals surface area contributed by atoms with Gasteiger partial charge in [-0.05, 0) is 27.2 Å². The lowest BCUT2D eigenvalue weighted by atomic mass is 9.88. The molecule has 1 unspecified atom stereocenters. The molecule has 0 radical (unpaired) electrons. The van der Waals surface area contributed by atoms with E-state index in [1.807, 2.05) is 26.8 Å².